The lowest BCUT2D eigenvalue weighted by molar-refractivity contribution is -0.00903. The zero-order valence-electron chi connectivity index (χ0n) is 15.8. The van der Waals surface area contributed by atoms with Crippen molar-refractivity contribution in [3.63, 3.8) is 0 Å². The molecule has 28 heavy (non-hydrogen) atoms. The molecule has 1 amide bonds. The molecule has 0 spiro atoms. The summed E-state index contributed by atoms with van der Waals surface area (Å²) in [5.74, 6) is -0.800. The van der Waals surface area contributed by atoms with E-state index in [-0.39, 0.29) is 12.3 Å². The second-order valence-electron chi connectivity index (χ2n) is 7.62. The molecule has 0 radical (unpaired) electrons. The second kappa shape index (κ2) is 7.73. The van der Waals surface area contributed by atoms with Crippen molar-refractivity contribution in [1.29, 1.82) is 0 Å². The van der Waals surface area contributed by atoms with Crippen molar-refractivity contribution < 1.29 is 13.9 Å². The van der Waals surface area contributed by atoms with Crippen LogP contribution in [-0.2, 0) is 10.3 Å². The third-order valence-electron chi connectivity index (χ3n) is 4.57. The molecule has 8 heteroatoms. The topological polar surface area (TPSA) is 63.2 Å². The summed E-state index contributed by atoms with van der Waals surface area (Å²) in [5.41, 5.74) is -0.225. The van der Waals surface area contributed by atoms with Crippen LogP contribution in [0.1, 0.15) is 43.2 Å². The van der Waals surface area contributed by atoms with E-state index in [0.717, 1.165) is 0 Å². The van der Waals surface area contributed by atoms with Crippen LogP contribution in [0.4, 0.5) is 10.1 Å². The van der Waals surface area contributed by atoms with Crippen molar-refractivity contribution in [2.45, 2.75) is 38.3 Å². The summed E-state index contributed by atoms with van der Waals surface area (Å²) in [6, 6.07) is 7.55. The number of pyridine rings is 1. The molecule has 1 aromatic carbocycles. The number of carbonyl (C=O) groups is 1. The fourth-order valence-corrected chi connectivity index (χ4v) is 3.84. The van der Waals surface area contributed by atoms with Crippen molar-refractivity contribution >= 4 is 40.4 Å². The monoisotopic (exact) mass is 421 g/mol. The normalized spacial score (nSPS) is 21.5. The Labute approximate surface area is 173 Å². The number of rotatable bonds is 3. The van der Waals surface area contributed by atoms with Crippen LogP contribution in [0.25, 0.3) is 0 Å². The molecule has 2 heterocycles. The first-order valence-electron chi connectivity index (χ1n) is 8.76. The standard InChI is InChI=1S/C20H21ClFN3O2S/c1-19(2)11-20(3,25-17(28)10-27-19)14-8-13(5-6-15(14)22)24-18(26)16-7-4-12(21)9-23-16/h4-9H,10-11H2,1-3H3,(H,24,26)(H,25,28)/t20-/m0/s1. The highest BCUT2D eigenvalue weighted by molar-refractivity contribution is 7.80. The third kappa shape index (κ3) is 4.66. The van der Waals surface area contributed by atoms with E-state index in [1.807, 2.05) is 20.8 Å². The Morgan fingerprint density at radius 1 is 1.32 bits per heavy atom. The number of nitrogens with one attached hydrogen (secondary N) is 2. The second-order valence-corrected chi connectivity index (χ2v) is 8.55. The van der Waals surface area contributed by atoms with Crippen LogP contribution in [0.15, 0.2) is 36.5 Å². The summed E-state index contributed by atoms with van der Waals surface area (Å²) in [6.45, 7) is 6.03. The summed E-state index contributed by atoms with van der Waals surface area (Å²) in [4.78, 5) is 16.9. The Kier molecular flexibility index (Phi) is 5.70. The van der Waals surface area contributed by atoms with E-state index in [2.05, 4.69) is 15.6 Å². The molecule has 0 saturated carbocycles. The fraction of sp³-hybridized carbons (Fsp3) is 0.350. The lowest BCUT2D eigenvalue weighted by atomic mass is 9.81. The van der Waals surface area contributed by atoms with Crippen molar-refractivity contribution in [2.75, 3.05) is 11.9 Å². The summed E-state index contributed by atoms with van der Waals surface area (Å²) in [5, 5.41) is 6.40. The first kappa shape index (κ1) is 20.6. The number of carbonyl (C=O) groups excluding carboxylic acids is 1. The number of anilines is 1. The molecule has 3 rings (SSSR count). The van der Waals surface area contributed by atoms with Gasteiger partial charge in [0.2, 0.25) is 0 Å². The lowest BCUT2D eigenvalue weighted by Gasteiger charge is -2.35. The number of aromatic nitrogens is 1. The van der Waals surface area contributed by atoms with E-state index in [0.29, 0.717) is 27.7 Å². The van der Waals surface area contributed by atoms with Gasteiger partial charge in [0, 0.05) is 23.9 Å². The molecule has 1 aromatic heterocycles. The Bertz CT molecular complexity index is 920. The van der Waals surface area contributed by atoms with E-state index in [4.69, 9.17) is 28.6 Å². The van der Waals surface area contributed by atoms with Gasteiger partial charge >= 0.3 is 0 Å². The van der Waals surface area contributed by atoms with Crippen molar-refractivity contribution in [2.24, 2.45) is 0 Å². The van der Waals surface area contributed by atoms with Crippen LogP contribution in [0.5, 0.6) is 0 Å². The van der Waals surface area contributed by atoms with Gasteiger partial charge in [0.1, 0.15) is 16.5 Å². The Hall–Kier alpha value is -2.09. The number of benzene rings is 1. The number of thiocarbonyl (C=S) groups is 1. The van der Waals surface area contributed by atoms with Gasteiger partial charge in [0.15, 0.2) is 0 Å². The van der Waals surface area contributed by atoms with Crippen LogP contribution >= 0.6 is 23.8 Å². The minimum Gasteiger partial charge on any atom is -0.368 e. The number of ether oxygens (including phenoxy) is 1. The highest BCUT2D eigenvalue weighted by atomic mass is 35.5. The predicted molar refractivity (Wildman–Crippen MR) is 111 cm³/mol. The van der Waals surface area contributed by atoms with Gasteiger partial charge in [-0.2, -0.15) is 0 Å². The summed E-state index contributed by atoms with van der Waals surface area (Å²) in [6.07, 6.45) is 1.89. The number of amides is 1. The van der Waals surface area contributed by atoms with Crippen LogP contribution < -0.4 is 10.6 Å². The summed E-state index contributed by atoms with van der Waals surface area (Å²) < 4.78 is 20.6. The third-order valence-corrected chi connectivity index (χ3v) is 5.01. The zero-order valence-corrected chi connectivity index (χ0v) is 17.4. The number of nitrogens with zero attached hydrogens (tertiary/aromatic N) is 1. The average Bonchev–Trinajstić information content (AvgIpc) is 2.72. The fourth-order valence-electron chi connectivity index (χ4n) is 3.45. The van der Waals surface area contributed by atoms with E-state index in [9.17, 15) is 9.18 Å². The van der Waals surface area contributed by atoms with Gasteiger partial charge in [-0.3, -0.25) is 4.79 Å². The highest BCUT2D eigenvalue weighted by Crippen LogP contribution is 2.36. The van der Waals surface area contributed by atoms with Crippen LogP contribution in [0, 0.1) is 5.82 Å². The van der Waals surface area contributed by atoms with E-state index >= 15 is 0 Å². The van der Waals surface area contributed by atoms with Gasteiger partial charge < -0.3 is 15.4 Å². The van der Waals surface area contributed by atoms with Gasteiger partial charge in [0.05, 0.1) is 22.8 Å². The summed E-state index contributed by atoms with van der Waals surface area (Å²) in [7, 11) is 0. The predicted octanol–water partition coefficient (Wildman–Crippen LogP) is 4.46. The molecular weight excluding hydrogens is 401 g/mol. The molecule has 5 nitrogen and oxygen atoms in total. The molecule has 1 aliphatic heterocycles. The zero-order chi connectivity index (χ0) is 20.5. The Balaban J connectivity index is 1.91. The molecule has 148 valence electrons. The van der Waals surface area contributed by atoms with Crippen molar-refractivity contribution in [3.05, 3.63) is 58.6 Å². The molecule has 2 aromatic rings. The molecule has 1 saturated heterocycles. The van der Waals surface area contributed by atoms with Crippen LogP contribution in [0.3, 0.4) is 0 Å². The lowest BCUT2D eigenvalue weighted by Crippen LogP contribution is -2.45. The van der Waals surface area contributed by atoms with Gasteiger partial charge in [0.25, 0.3) is 5.91 Å². The molecule has 0 bridgehead atoms. The number of hydrogen-bond acceptors (Lipinski definition) is 4. The Morgan fingerprint density at radius 3 is 2.75 bits per heavy atom. The number of halogens is 2. The molecule has 0 unspecified atom stereocenters. The van der Waals surface area contributed by atoms with E-state index in [1.54, 1.807) is 12.1 Å². The SMILES string of the molecule is CC1(C)C[C@@](C)(c2cc(NC(=O)c3ccc(Cl)cn3)ccc2F)NC(=S)CO1. The highest BCUT2D eigenvalue weighted by Gasteiger charge is 2.39. The maximum atomic E-state index is 14.8. The van der Waals surface area contributed by atoms with E-state index < -0.39 is 22.9 Å². The summed E-state index contributed by atoms with van der Waals surface area (Å²) >= 11 is 11.1. The van der Waals surface area contributed by atoms with E-state index in [1.165, 1.54) is 24.4 Å². The molecule has 1 aliphatic rings. The molecule has 1 fully saturated rings. The minimum atomic E-state index is -0.791. The first-order chi connectivity index (χ1) is 13.1. The van der Waals surface area contributed by atoms with Gasteiger partial charge in [-0.05, 0) is 51.1 Å². The first-order valence-corrected chi connectivity index (χ1v) is 9.55. The average molecular weight is 422 g/mol. The maximum Gasteiger partial charge on any atom is 0.274 e. The largest absolute Gasteiger partial charge is 0.368 e. The Morgan fingerprint density at radius 2 is 2.07 bits per heavy atom. The van der Waals surface area contributed by atoms with Crippen LogP contribution in [0.2, 0.25) is 5.02 Å². The van der Waals surface area contributed by atoms with Gasteiger partial charge in [-0.15, -0.1) is 0 Å². The van der Waals surface area contributed by atoms with Gasteiger partial charge in [-0.1, -0.05) is 23.8 Å². The molecule has 1 atom stereocenters. The quantitative estimate of drug-likeness (QED) is 0.716. The van der Waals surface area contributed by atoms with Crippen molar-refractivity contribution in [3.8, 4) is 0 Å². The number of hydrogen-bond donors (Lipinski definition) is 2. The molecular formula is C20H21ClFN3O2S. The minimum absolute atomic E-state index is 0.213. The molecule has 2 N–H and O–H groups in total. The molecule has 0 aliphatic carbocycles. The maximum absolute atomic E-state index is 14.8. The van der Waals surface area contributed by atoms with Crippen LogP contribution in [-0.4, -0.2) is 28.1 Å². The van der Waals surface area contributed by atoms with Gasteiger partial charge in [-0.25, -0.2) is 9.37 Å². The smallest absolute Gasteiger partial charge is 0.274 e. The van der Waals surface area contributed by atoms with Crippen molar-refractivity contribution in [1.82, 2.24) is 10.3 Å².